The molecule has 0 unspecified atom stereocenters. The van der Waals surface area contributed by atoms with Gasteiger partial charge in [-0.3, -0.25) is 9.59 Å². The van der Waals surface area contributed by atoms with E-state index in [1.807, 2.05) is 12.1 Å². The van der Waals surface area contributed by atoms with Crippen LogP contribution in [0.4, 0.5) is 5.00 Å². The summed E-state index contributed by atoms with van der Waals surface area (Å²) in [6.07, 6.45) is 3.93. The van der Waals surface area contributed by atoms with Gasteiger partial charge in [-0.1, -0.05) is 15.9 Å². The molecule has 3 rings (SSSR count). The molecule has 0 aliphatic heterocycles. The number of fused-ring (bicyclic) bond motifs is 1. The standard InChI is InChI=1S/C17H17BrN2O3S/c18-10-5-7-11(8-6-10)23-9-14(21)20-17-15(16(19)22)12-3-1-2-4-13(12)24-17/h5-8H,1-4,9H2,(H2,19,22)(H,20,21). The van der Waals surface area contributed by atoms with Crippen LogP contribution in [0.1, 0.15) is 33.6 Å². The third-order valence-electron chi connectivity index (χ3n) is 3.85. The number of hydrogen-bond acceptors (Lipinski definition) is 4. The molecule has 2 amide bonds. The van der Waals surface area contributed by atoms with Gasteiger partial charge in [0.2, 0.25) is 0 Å². The second-order valence-electron chi connectivity index (χ2n) is 5.57. The largest absolute Gasteiger partial charge is 0.484 e. The van der Waals surface area contributed by atoms with E-state index in [-0.39, 0.29) is 12.5 Å². The number of nitrogens with one attached hydrogen (secondary N) is 1. The van der Waals surface area contributed by atoms with Crippen molar-refractivity contribution in [3.05, 3.63) is 44.7 Å². The molecule has 0 atom stereocenters. The van der Waals surface area contributed by atoms with Gasteiger partial charge in [0, 0.05) is 9.35 Å². The summed E-state index contributed by atoms with van der Waals surface area (Å²) in [5, 5.41) is 3.32. The van der Waals surface area contributed by atoms with Gasteiger partial charge in [0.1, 0.15) is 10.8 Å². The number of rotatable bonds is 5. The van der Waals surface area contributed by atoms with E-state index in [0.29, 0.717) is 16.3 Å². The summed E-state index contributed by atoms with van der Waals surface area (Å²) < 4.78 is 6.39. The number of carbonyl (C=O) groups excluding carboxylic acids is 2. The fourth-order valence-corrected chi connectivity index (χ4v) is 4.33. The Hall–Kier alpha value is -1.86. The Balaban J connectivity index is 1.69. The maximum absolute atomic E-state index is 12.1. The Kier molecular flexibility index (Phi) is 5.20. The second kappa shape index (κ2) is 7.36. The first-order valence-corrected chi connectivity index (χ1v) is 9.28. The summed E-state index contributed by atoms with van der Waals surface area (Å²) in [7, 11) is 0. The van der Waals surface area contributed by atoms with E-state index in [4.69, 9.17) is 10.5 Å². The molecule has 0 saturated heterocycles. The van der Waals surface area contributed by atoms with Gasteiger partial charge in [0.25, 0.3) is 11.8 Å². The Labute approximate surface area is 152 Å². The zero-order valence-electron chi connectivity index (χ0n) is 12.9. The number of amides is 2. The highest BCUT2D eigenvalue weighted by atomic mass is 79.9. The Morgan fingerprint density at radius 2 is 1.92 bits per heavy atom. The van der Waals surface area contributed by atoms with Crippen LogP contribution in [0.5, 0.6) is 5.75 Å². The number of benzene rings is 1. The molecular weight excluding hydrogens is 392 g/mol. The lowest BCUT2D eigenvalue weighted by Crippen LogP contribution is -2.22. The number of nitrogens with two attached hydrogens (primary N) is 1. The fraction of sp³-hybridized carbons (Fsp3) is 0.294. The topological polar surface area (TPSA) is 81.4 Å². The maximum Gasteiger partial charge on any atom is 0.262 e. The average molecular weight is 409 g/mol. The van der Waals surface area contributed by atoms with Crippen LogP contribution in [-0.4, -0.2) is 18.4 Å². The molecule has 5 nitrogen and oxygen atoms in total. The Morgan fingerprint density at radius 3 is 2.62 bits per heavy atom. The summed E-state index contributed by atoms with van der Waals surface area (Å²) in [4.78, 5) is 25.1. The van der Waals surface area contributed by atoms with Crippen LogP contribution in [0.2, 0.25) is 0 Å². The predicted octanol–water partition coefficient (Wildman–Crippen LogP) is 3.51. The monoisotopic (exact) mass is 408 g/mol. The Bertz CT molecular complexity index is 771. The van der Waals surface area contributed by atoms with Crippen LogP contribution in [0.25, 0.3) is 0 Å². The van der Waals surface area contributed by atoms with Crippen molar-refractivity contribution < 1.29 is 14.3 Å². The lowest BCUT2D eigenvalue weighted by molar-refractivity contribution is -0.118. The van der Waals surface area contributed by atoms with Crippen molar-refractivity contribution in [2.45, 2.75) is 25.7 Å². The number of anilines is 1. The normalized spacial score (nSPS) is 13.2. The van der Waals surface area contributed by atoms with Gasteiger partial charge in [0.05, 0.1) is 5.56 Å². The van der Waals surface area contributed by atoms with E-state index in [2.05, 4.69) is 21.2 Å². The highest BCUT2D eigenvalue weighted by Crippen LogP contribution is 2.37. The number of carbonyl (C=O) groups is 2. The van der Waals surface area contributed by atoms with Gasteiger partial charge in [-0.15, -0.1) is 11.3 Å². The van der Waals surface area contributed by atoms with Crippen LogP contribution in [0, 0.1) is 0 Å². The van der Waals surface area contributed by atoms with Gasteiger partial charge < -0.3 is 15.8 Å². The van der Waals surface area contributed by atoms with E-state index in [9.17, 15) is 9.59 Å². The first-order valence-electron chi connectivity index (χ1n) is 7.67. The molecular formula is C17H17BrN2O3S. The third-order valence-corrected chi connectivity index (χ3v) is 5.59. The SMILES string of the molecule is NC(=O)c1c(NC(=O)COc2ccc(Br)cc2)sc2c1CCCC2. The van der Waals surface area contributed by atoms with Crippen LogP contribution in [0.3, 0.4) is 0 Å². The molecule has 0 saturated carbocycles. The van der Waals surface area contributed by atoms with Crippen LogP contribution in [0.15, 0.2) is 28.7 Å². The smallest absolute Gasteiger partial charge is 0.262 e. The minimum atomic E-state index is -0.487. The molecule has 126 valence electrons. The molecule has 2 aromatic rings. The van der Waals surface area contributed by atoms with Gasteiger partial charge in [-0.05, 0) is 55.5 Å². The molecule has 1 aliphatic rings. The van der Waals surface area contributed by atoms with E-state index in [1.165, 1.54) is 11.3 Å². The van der Waals surface area contributed by atoms with Crippen LogP contribution < -0.4 is 15.8 Å². The van der Waals surface area contributed by atoms with E-state index < -0.39 is 5.91 Å². The minimum absolute atomic E-state index is 0.123. The molecule has 0 fully saturated rings. The summed E-state index contributed by atoms with van der Waals surface area (Å²) in [6.45, 7) is -0.123. The molecule has 1 heterocycles. The summed E-state index contributed by atoms with van der Waals surface area (Å²) in [6, 6.07) is 7.23. The van der Waals surface area contributed by atoms with E-state index >= 15 is 0 Å². The molecule has 0 spiro atoms. The summed E-state index contributed by atoms with van der Waals surface area (Å²) in [5.74, 6) is -0.188. The highest BCUT2D eigenvalue weighted by molar-refractivity contribution is 9.10. The molecule has 1 aromatic heterocycles. The van der Waals surface area contributed by atoms with Crippen molar-refractivity contribution in [1.29, 1.82) is 0 Å². The van der Waals surface area contributed by atoms with Crippen LogP contribution in [-0.2, 0) is 17.6 Å². The van der Waals surface area contributed by atoms with Gasteiger partial charge in [-0.25, -0.2) is 0 Å². The van der Waals surface area contributed by atoms with E-state index in [0.717, 1.165) is 40.6 Å². The Morgan fingerprint density at radius 1 is 1.21 bits per heavy atom. The molecule has 3 N–H and O–H groups in total. The van der Waals surface area contributed by atoms with Crippen molar-refractivity contribution in [2.75, 3.05) is 11.9 Å². The van der Waals surface area contributed by atoms with Crippen molar-refractivity contribution in [3.8, 4) is 5.75 Å². The fourth-order valence-electron chi connectivity index (χ4n) is 2.76. The molecule has 1 aromatic carbocycles. The summed E-state index contributed by atoms with van der Waals surface area (Å²) >= 11 is 4.79. The predicted molar refractivity (Wildman–Crippen MR) is 97.7 cm³/mol. The maximum atomic E-state index is 12.1. The number of halogens is 1. The first-order chi connectivity index (χ1) is 11.5. The zero-order chi connectivity index (χ0) is 17.1. The third kappa shape index (κ3) is 3.79. The molecule has 0 bridgehead atoms. The molecule has 7 heteroatoms. The quantitative estimate of drug-likeness (QED) is 0.793. The van der Waals surface area contributed by atoms with Crippen molar-refractivity contribution in [3.63, 3.8) is 0 Å². The minimum Gasteiger partial charge on any atom is -0.484 e. The van der Waals surface area contributed by atoms with Gasteiger partial charge >= 0.3 is 0 Å². The number of aryl methyl sites for hydroxylation is 1. The number of ether oxygens (including phenoxy) is 1. The zero-order valence-corrected chi connectivity index (χ0v) is 15.3. The molecule has 0 radical (unpaired) electrons. The number of hydrogen-bond donors (Lipinski definition) is 2. The van der Waals surface area contributed by atoms with Gasteiger partial charge in [-0.2, -0.15) is 0 Å². The molecule has 24 heavy (non-hydrogen) atoms. The highest BCUT2D eigenvalue weighted by Gasteiger charge is 2.24. The lowest BCUT2D eigenvalue weighted by Gasteiger charge is -2.11. The number of primary amides is 1. The second-order valence-corrected chi connectivity index (χ2v) is 7.59. The van der Waals surface area contributed by atoms with E-state index in [1.54, 1.807) is 12.1 Å². The van der Waals surface area contributed by atoms with Crippen molar-refractivity contribution in [1.82, 2.24) is 0 Å². The number of thiophene rings is 1. The van der Waals surface area contributed by atoms with Crippen molar-refractivity contribution in [2.24, 2.45) is 5.73 Å². The average Bonchev–Trinajstić information content (AvgIpc) is 2.92. The first kappa shape index (κ1) is 17.0. The van der Waals surface area contributed by atoms with Crippen LogP contribution >= 0.6 is 27.3 Å². The van der Waals surface area contributed by atoms with Gasteiger partial charge in [0.15, 0.2) is 6.61 Å². The summed E-state index contributed by atoms with van der Waals surface area (Å²) in [5.41, 5.74) is 6.99. The lowest BCUT2D eigenvalue weighted by atomic mass is 9.95. The molecule has 1 aliphatic carbocycles. The van der Waals surface area contributed by atoms with Crippen molar-refractivity contribution >= 4 is 44.1 Å².